The third-order valence-corrected chi connectivity index (χ3v) is 3.78. The van der Waals surface area contributed by atoms with Gasteiger partial charge in [-0.25, -0.2) is 0 Å². The van der Waals surface area contributed by atoms with Crippen LogP contribution < -0.4 is 5.73 Å². The average Bonchev–Trinajstić information content (AvgIpc) is 1.78. The van der Waals surface area contributed by atoms with Crippen molar-refractivity contribution in [1.82, 2.24) is 0 Å². The van der Waals surface area contributed by atoms with Crippen molar-refractivity contribution in [1.29, 1.82) is 0 Å². The lowest BCUT2D eigenvalue weighted by atomic mass is 9.65. The van der Waals surface area contributed by atoms with Crippen LogP contribution in [0.5, 0.6) is 0 Å². The molecule has 0 atom stereocenters. The zero-order valence-corrected chi connectivity index (χ0v) is 7.26. The van der Waals surface area contributed by atoms with Crippen LogP contribution in [0.1, 0.15) is 38.5 Å². The molecule has 2 rings (SSSR count). The Bertz CT molecular complexity index is 111. The van der Waals surface area contributed by atoms with Gasteiger partial charge in [-0.05, 0) is 24.3 Å². The van der Waals surface area contributed by atoms with Gasteiger partial charge in [0.1, 0.15) is 0 Å². The van der Waals surface area contributed by atoms with Crippen molar-refractivity contribution >= 4 is 0 Å². The summed E-state index contributed by atoms with van der Waals surface area (Å²) in [7, 11) is 0. The van der Waals surface area contributed by atoms with E-state index in [1.807, 2.05) is 0 Å². The van der Waals surface area contributed by atoms with Gasteiger partial charge in [-0.2, -0.15) is 0 Å². The van der Waals surface area contributed by atoms with Gasteiger partial charge in [0.25, 0.3) is 0 Å². The highest BCUT2D eigenvalue weighted by atomic mass is 14.6. The first kappa shape index (κ1) is 7.60. The summed E-state index contributed by atoms with van der Waals surface area (Å²) in [6.07, 6.45) is 8.81. The maximum Gasteiger partial charge on any atom is -0.00436 e. The Morgan fingerprint density at radius 1 is 1.00 bits per heavy atom. The number of nitrogens with two attached hydrogens (primary N) is 1. The van der Waals surface area contributed by atoms with Crippen LogP contribution in [-0.4, -0.2) is 6.54 Å². The van der Waals surface area contributed by atoms with E-state index < -0.39 is 0 Å². The van der Waals surface area contributed by atoms with Crippen LogP contribution in [0.3, 0.4) is 0 Å². The molecular formula is C10H19N. The van der Waals surface area contributed by atoms with E-state index in [2.05, 4.69) is 0 Å². The maximum atomic E-state index is 5.79. The largest absolute Gasteiger partial charge is 0.330 e. The molecule has 0 radical (unpaired) electrons. The molecule has 0 heterocycles. The van der Waals surface area contributed by atoms with Crippen molar-refractivity contribution in [2.45, 2.75) is 38.5 Å². The van der Waals surface area contributed by atoms with Crippen LogP contribution in [0.2, 0.25) is 0 Å². The van der Waals surface area contributed by atoms with E-state index in [9.17, 15) is 0 Å². The molecule has 2 saturated carbocycles. The van der Waals surface area contributed by atoms with Crippen molar-refractivity contribution in [3.63, 3.8) is 0 Å². The molecule has 0 saturated heterocycles. The van der Waals surface area contributed by atoms with E-state index >= 15 is 0 Å². The number of hydrogen-bond acceptors (Lipinski definition) is 1. The molecule has 2 aliphatic carbocycles. The minimum atomic E-state index is 0.900. The monoisotopic (exact) mass is 153 g/mol. The van der Waals surface area contributed by atoms with Crippen molar-refractivity contribution in [3.05, 3.63) is 0 Å². The van der Waals surface area contributed by atoms with E-state index in [0.717, 1.165) is 24.3 Å². The molecule has 0 aromatic carbocycles. The molecule has 0 unspecified atom stereocenters. The first-order valence-electron chi connectivity index (χ1n) is 5.12. The van der Waals surface area contributed by atoms with E-state index in [-0.39, 0.29) is 0 Å². The van der Waals surface area contributed by atoms with E-state index in [1.165, 1.54) is 38.5 Å². The molecule has 64 valence electrons. The zero-order chi connectivity index (χ0) is 7.68. The van der Waals surface area contributed by atoms with E-state index in [0.29, 0.717) is 0 Å². The highest BCUT2D eigenvalue weighted by Gasteiger charge is 2.34. The minimum Gasteiger partial charge on any atom is -0.330 e. The van der Waals surface area contributed by atoms with Gasteiger partial charge in [0.15, 0.2) is 0 Å². The normalized spacial score (nSPS) is 26.7. The lowest BCUT2D eigenvalue weighted by Gasteiger charge is -2.42. The molecule has 0 bridgehead atoms. The number of rotatable bonds is 3. The Labute approximate surface area is 69.4 Å². The molecule has 1 nitrogen and oxygen atoms in total. The highest BCUT2D eigenvalue weighted by molar-refractivity contribution is 4.86. The Kier molecular flexibility index (Phi) is 2.17. The van der Waals surface area contributed by atoms with Crippen LogP contribution in [0, 0.1) is 17.8 Å². The second kappa shape index (κ2) is 3.14. The topological polar surface area (TPSA) is 26.0 Å². The van der Waals surface area contributed by atoms with Crippen LogP contribution in [0.15, 0.2) is 0 Å². The Balaban J connectivity index is 1.83. The smallest absolute Gasteiger partial charge is 0.00436 e. The lowest BCUT2D eigenvalue weighted by molar-refractivity contribution is 0.0992. The first-order chi connectivity index (χ1) is 5.42. The van der Waals surface area contributed by atoms with Crippen LogP contribution in [-0.2, 0) is 0 Å². The van der Waals surface area contributed by atoms with E-state index in [1.54, 1.807) is 0 Å². The van der Waals surface area contributed by atoms with Gasteiger partial charge >= 0.3 is 0 Å². The predicted molar refractivity (Wildman–Crippen MR) is 47.2 cm³/mol. The second-order valence-electron chi connectivity index (χ2n) is 4.28. The standard InChI is InChI=1S/C10H19N/c11-7-10(8-3-1-4-8)9-5-2-6-9/h8-10H,1-7,11H2. The molecule has 2 aliphatic rings. The second-order valence-corrected chi connectivity index (χ2v) is 4.28. The third-order valence-electron chi connectivity index (χ3n) is 3.78. The molecule has 0 aromatic heterocycles. The van der Waals surface area contributed by atoms with Crippen LogP contribution in [0.25, 0.3) is 0 Å². The van der Waals surface area contributed by atoms with Crippen molar-refractivity contribution < 1.29 is 0 Å². The number of hydrogen-bond donors (Lipinski definition) is 1. The van der Waals surface area contributed by atoms with Crippen LogP contribution >= 0.6 is 0 Å². The summed E-state index contributed by atoms with van der Waals surface area (Å²) in [6, 6.07) is 0. The summed E-state index contributed by atoms with van der Waals surface area (Å²) in [5.41, 5.74) is 5.79. The fraction of sp³-hybridized carbons (Fsp3) is 1.00. The fourth-order valence-electron chi connectivity index (χ4n) is 2.51. The maximum absolute atomic E-state index is 5.79. The zero-order valence-electron chi connectivity index (χ0n) is 7.26. The SMILES string of the molecule is NCC(C1CCC1)C1CCC1. The van der Waals surface area contributed by atoms with Gasteiger partial charge in [0.05, 0.1) is 0 Å². The molecule has 2 fully saturated rings. The van der Waals surface area contributed by atoms with Crippen molar-refractivity contribution in [2.24, 2.45) is 23.5 Å². The Morgan fingerprint density at radius 2 is 1.45 bits per heavy atom. The fourth-order valence-corrected chi connectivity index (χ4v) is 2.51. The molecule has 0 aliphatic heterocycles. The van der Waals surface area contributed by atoms with Crippen LogP contribution in [0.4, 0.5) is 0 Å². The minimum absolute atomic E-state index is 0.900. The summed E-state index contributed by atoms with van der Waals surface area (Å²) in [4.78, 5) is 0. The summed E-state index contributed by atoms with van der Waals surface area (Å²) in [6.45, 7) is 0.954. The Hall–Kier alpha value is -0.0400. The highest BCUT2D eigenvalue weighted by Crippen LogP contribution is 2.43. The van der Waals surface area contributed by atoms with Gasteiger partial charge in [-0.1, -0.05) is 38.5 Å². The summed E-state index contributed by atoms with van der Waals surface area (Å²) in [5.74, 6) is 2.94. The summed E-state index contributed by atoms with van der Waals surface area (Å²) in [5, 5.41) is 0. The molecule has 0 aromatic rings. The molecule has 11 heavy (non-hydrogen) atoms. The van der Waals surface area contributed by atoms with E-state index in [4.69, 9.17) is 5.73 Å². The average molecular weight is 153 g/mol. The Morgan fingerprint density at radius 3 is 1.64 bits per heavy atom. The van der Waals surface area contributed by atoms with Gasteiger partial charge < -0.3 is 5.73 Å². The quantitative estimate of drug-likeness (QED) is 0.660. The molecular weight excluding hydrogens is 134 g/mol. The summed E-state index contributed by atoms with van der Waals surface area (Å²) < 4.78 is 0. The van der Waals surface area contributed by atoms with Gasteiger partial charge in [-0.3, -0.25) is 0 Å². The summed E-state index contributed by atoms with van der Waals surface area (Å²) >= 11 is 0. The molecule has 0 amide bonds. The van der Waals surface area contributed by atoms with Crippen molar-refractivity contribution in [3.8, 4) is 0 Å². The van der Waals surface area contributed by atoms with Gasteiger partial charge in [0.2, 0.25) is 0 Å². The third kappa shape index (κ3) is 1.31. The predicted octanol–water partition coefficient (Wildman–Crippen LogP) is 2.16. The molecule has 0 spiro atoms. The molecule has 1 heteroatoms. The first-order valence-corrected chi connectivity index (χ1v) is 5.12. The molecule has 2 N–H and O–H groups in total. The van der Waals surface area contributed by atoms with Gasteiger partial charge in [0, 0.05) is 0 Å². The lowest BCUT2D eigenvalue weighted by Crippen LogP contribution is -2.37. The van der Waals surface area contributed by atoms with Crippen molar-refractivity contribution in [2.75, 3.05) is 6.54 Å². The van der Waals surface area contributed by atoms with Gasteiger partial charge in [-0.15, -0.1) is 0 Å².